The number of nitrogens with two attached hydrogens (primary N) is 1. The molecule has 0 aliphatic carbocycles. The van der Waals surface area contributed by atoms with Crippen molar-refractivity contribution in [1.29, 1.82) is 0 Å². The van der Waals surface area contributed by atoms with Crippen LogP contribution in [0.2, 0.25) is 0 Å². The second-order valence-corrected chi connectivity index (χ2v) is 4.39. The Bertz CT molecular complexity index is 450. The Hall–Kier alpha value is -1.47. The highest BCUT2D eigenvalue weighted by atomic mass is 79.9. The van der Waals surface area contributed by atoms with Crippen molar-refractivity contribution in [3.8, 4) is 0 Å². The molecular weight excluding hydrogens is 290 g/mol. The summed E-state index contributed by atoms with van der Waals surface area (Å²) in [6.45, 7) is 0.748. The third kappa shape index (κ3) is 3.50. The van der Waals surface area contributed by atoms with Crippen LogP contribution in [0.25, 0.3) is 0 Å². The summed E-state index contributed by atoms with van der Waals surface area (Å²) in [5, 5.41) is 10.7. The van der Waals surface area contributed by atoms with Crippen molar-refractivity contribution < 1.29 is 9.72 Å². The normalized spacial score (nSPS) is 10.1. The molecule has 0 atom stereocenters. The molecule has 0 heterocycles. The molecule has 0 spiro atoms. The lowest BCUT2D eigenvalue weighted by Gasteiger charge is -2.15. The first-order chi connectivity index (χ1) is 7.95. The molecule has 1 amide bonds. The molecule has 92 valence electrons. The quantitative estimate of drug-likeness (QED) is 0.672. The summed E-state index contributed by atoms with van der Waals surface area (Å²) in [6.07, 6.45) is 0. The number of hydrogen-bond acceptors (Lipinski definition) is 4. The van der Waals surface area contributed by atoms with Crippen molar-refractivity contribution >= 4 is 27.5 Å². The van der Waals surface area contributed by atoms with Gasteiger partial charge in [0.1, 0.15) is 0 Å². The average Bonchev–Trinajstić information content (AvgIpc) is 2.27. The second kappa shape index (κ2) is 5.74. The average molecular weight is 302 g/mol. The van der Waals surface area contributed by atoms with Crippen molar-refractivity contribution in [3.05, 3.63) is 38.3 Å². The summed E-state index contributed by atoms with van der Waals surface area (Å²) in [6, 6.07) is 4.14. The second-order valence-electron chi connectivity index (χ2n) is 3.47. The minimum absolute atomic E-state index is 0.121. The molecular formula is C10H12BrN3O3. The lowest BCUT2D eigenvalue weighted by molar-refractivity contribution is -0.385. The van der Waals surface area contributed by atoms with Gasteiger partial charge in [-0.1, -0.05) is 15.9 Å². The molecule has 6 nitrogen and oxygen atoms in total. The molecule has 0 aliphatic heterocycles. The summed E-state index contributed by atoms with van der Waals surface area (Å²) in [5.41, 5.74) is 5.49. The zero-order valence-electron chi connectivity index (χ0n) is 9.22. The zero-order chi connectivity index (χ0) is 13.0. The molecule has 0 unspecified atom stereocenters. The Labute approximate surface area is 107 Å². The maximum Gasteiger partial charge on any atom is 0.271 e. The molecule has 0 saturated heterocycles. The number of nitro benzene ring substituents is 1. The fourth-order valence-corrected chi connectivity index (χ4v) is 1.80. The summed E-state index contributed by atoms with van der Waals surface area (Å²) in [5.74, 6) is -0.292. The lowest BCUT2D eigenvalue weighted by atomic mass is 10.2. The van der Waals surface area contributed by atoms with Gasteiger partial charge < -0.3 is 10.6 Å². The van der Waals surface area contributed by atoms with E-state index in [0.717, 1.165) is 0 Å². The van der Waals surface area contributed by atoms with E-state index >= 15 is 0 Å². The molecule has 2 N–H and O–H groups in total. The van der Waals surface area contributed by atoms with Gasteiger partial charge in [0.25, 0.3) is 11.6 Å². The van der Waals surface area contributed by atoms with Gasteiger partial charge in [-0.15, -0.1) is 0 Å². The standard InChI is InChI=1S/C10H12BrN3O3/c1-13(3-2-12)10(15)7-4-8(11)6-9(5-7)14(16)17/h4-6H,2-3,12H2,1H3. The molecule has 7 heteroatoms. The molecule has 0 aromatic heterocycles. The number of carbonyl (C=O) groups excluding carboxylic acids is 1. The summed E-state index contributed by atoms with van der Waals surface area (Å²) >= 11 is 3.14. The lowest BCUT2D eigenvalue weighted by Crippen LogP contribution is -2.31. The first-order valence-electron chi connectivity index (χ1n) is 4.86. The van der Waals surface area contributed by atoms with Crippen LogP contribution in [0, 0.1) is 10.1 Å². The van der Waals surface area contributed by atoms with Gasteiger partial charge in [0.2, 0.25) is 0 Å². The fourth-order valence-electron chi connectivity index (χ4n) is 1.32. The van der Waals surface area contributed by atoms with Gasteiger partial charge >= 0.3 is 0 Å². The van der Waals surface area contributed by atoms with Gasteiger partial charge in [-0.3, -0.25) is 14.9 Å². The number of benzene rings is 1. The van der Waals surface area contributed by atoms with E-state index in [1.165, 1.54) is 17.0 Å². The van der Waals surface area contributed by atoms with E-state index < -0.39 is 4.92 Å². The number of carbonyl (C=O) groups is 1. The van der Waals surface area contributed by atoms with E-state index in [9.17, 15) is 14.9 Å². The number of halogens is 1. The predicted octanol–water partition coefficient (Wildman–Crippen LogP) is 1.39. The Kier molecular flexibility index (Phi) is 4.59. The van der Waals surface area contributed by atoms with E-state index in [0.29, 0.717) is 17.6 Å². The van der Waals surface area contributed by atoms with Gasteiger partial charge in [0.15, 0.2) is 0 Å². The number of rotatable bonds is 4. The highest BCUT2D eigenvalue weighted by Crippen LogP contribution is 2.22. The Morgan fingerprint density at radius 1 is 1.53 bits per heavy atom. The SMILES string of the molecule is CN(CCN)C(=O)c1cc(Br)cc([N+](=O)[O-])c1. The highest BCUT2D eigenvalue weighted by Gasteiger charge is 2.16. The smallest absolute Gasteiger partial charge is 0.271 e. The van der Waals surface area contributed by atoms with E-state index in [-0.39, 0.29) is 17.2 Å². The largest absolute Gasteiger partial charge is 0.340 e. The Balaban J connectivity index is 3.05. The molecule has 0 bridgehead atoms. The molecule has 0 aliphatic rings. The van der Waals surface area contributed by atoms with Crippen LogP contribution in [-0.2, 0) is 0 Å². The van der Waals surface area contributed by atoms with E-state index in [4.69, 9.17) is 5.73 Å². The van der Waals surface area contributed by atoms with E-state index in [1.54, 1.807) is 13.1 Å². The number of hydrogen-bond donors (Lipinski definition) is 1. The zero-order valence-corrected chi connectivity index (χ0v) is 10.8. The number of likely N-dealkylation sites (N-methyl/N-ethyl adjacent to an activating group) is 1. The third-order valence-corrected chi connectivity index (χ3v) is 2.61. The van der Waals surface area contributed by atoms with Gasteiger partial charge in [-0.2, -0.15) is 0 Å². The number of nitrogens with zero attached hydrogens (tertiary/aromatic N) is 2. The maximum atomic E-state index is 11.9. The fraction of sp³-hybridized carbons (Fsp3) is 0.300. The monoisotopic (exact) mass is 301 g/mol. The highest BCUT2D eigenvalue weighted by molar-refractivity contribution is 9.10. The van der Waals surface area contributed by atoms with Crippen LogP contribution in [0.5, 0.6) is 0 Å². The van der Waals surface area contributed by atoms with Gasteiger partial charge in [-0.25, -0.2) is 0 Å². The minimum atomic E-state index is -0.537. The van der Waals surface area contributed by atoms with Crippen LogP contribution < -0.4 is 5.73 Å². The van der Waals surface area contributed by atoms with Crippen molar-refractivity contribution in [2.24, 2.45) is 5.73 Å². The summed E-state index contributed by atoms with van der Waals surface area (Å²) in [4.78, 5) is 23.4. The summed E-state index contributed by atoms with van der Waals surface area (Å²) < 4.78 is 0.496. The molecule has 0 fully saturated rings. The molecule has 0 radical (unpaired) electrons. The molecule has 1 rings (SSSR count). The van der Waals surface area contributed by atoms with Crippen LogP contribution in [0.4, 0.5) is 5.69 Å². The van der Waals surface area contributed by atoms with Gasteiger partial charge in [-0.05, 0) is 6.07 Å². The predicted molar refractivity (Wildman–Crippen MR) is 66.8 cm³/mol. The Morgan fingerprint density at radius 2 is 2.18 bits per heavy atom. The van der Waals surface area contributed by atoms with Crippen LogP contribution in [0.3, 0.4) is 0 Å². The first-order valence-corrected chi connectivity index (χ1v) is 5.65. The van der Waals surface area contributed by atoms with Crippen molar-refractivity contribution in [1.82, 2.24) is 4.90 Å². The van der Waals surface area contributed by atoms with Crippen molar-refractivity contribution in [2.75, 3.05) is 20.1 Å². The molecule has 0 saturated carbocycles. The summed E-state index contributed by atoms with van der Waals surface area (Å²) in [7, 11) is 1.60. The minimum Gasteiger partial charge on any atom is -0.340 e. The third-order valence-electron chi connectivity index (χ3n) is 2.15. The van der Waals surface area contributed by atoms with Crippen molar-refractivity contribution in [2.45, 2.75) is 0 Å². The Morgan fingerprint density at radius 3 is 2.71 bits per heavy atom. The van der Waals surface area contributed by atoms with Crippen LogP contribution >= 0.6 is 15.9 Å². The van der Waals surface area contributed by atoms with Crippen LogP contribution in [-0.4, -0.2) is 35.9 Å². The number of amides is 1. The van der Waals surface area contributed by atoms with Crippen LogP contribution in [0.15, 0.2) is 22.7 Å². The number of nitro groups is 1. The maximum absolute atomic E-state index is 11.9. The van der Waals surface area contributed by atoms with Crippen molar-refractivity contribution in [3.63, 3.8) is 0 Å². The van der Waals surface area contributed by atoms with Gasteiger partial charge in [0.05, 0.1) is 4.92 Å². The van der Waals surface area contributed by atoms with E-state index in [2.05, 4.69) is 15.9 Å². The van der Waals surface area contributed by atoms with Crippen LogP contribution in [0.1, 0.15) is 10.4 Å². The topological polar surface area (TPSA) is 89.5 Å². The van der Waals surface area contributed by atoms with Gasteiger partial charge in [0, 0.05) is 42.3 Å². The number of non-ortho nitro benzene ring substituents is 1. The first kappa shape index (κ1) is 13.6. The van der Waals surface area contributed by atoms with E-state index in [1.807, 2.05) is 0 Å². The molecule has 1 aromatic carbocycles. The molecule has 17 heavy (non-hydrogen) atoms. The molecule has 1 aromatic rings.